The van der Waals surface area contributed by atoms with Crippen LogP contribution >= 0.6 is 0 Å². The van der Waals surface area contributed by atoms with Crippen LogP contribution in [0.15, 0.2) is 16.5 Å². The van der Waals surface area contributed by atoms with Crippen LogP contribution < -0.4 is 5.32 Å². The largest absolute Gasteiger partial charge is 0.463 e. The van der Waals surface area contributed by atoms with Crippen LogP contribution in [-0.2, 0) is 4.74 Å². The van der Waals surface area contributed by atoms with Crippen molar-refractivity contribution in [1.29, 1.82) is 0 Å². The van der Waals surface area contributed by atoms with E-state index < -0.39 is 5.97 Å². The first-order chi connectivity index (χ1) is 8.01. The summed E-state index contributed by atoms with van der Waals surface area (Å²) in [5.41, 5.74) is 0. The zero-order valence-corrected chi connectivity index (χ0v) is 11.1. The van der Waals surface area contributed by atoms with Gasteiger partial charge in [-0.25, -0.2) is 4.79 Å². The first-order valence-corrected chi connectivity index (χ1v) is 5.86. The minimum absolute atomic E-state index is 0.105. The number of hydrogen-bond donors (Lipinski definition) is 1. The Morgan fingerprint density at radius 3 is 2.47 bits per heavy atom. The molecule has 0 bridgehead atoms. The van der Waals surface area contributed by atoms with Crippen molar-refractivity contribution in [2.45, 2.75) is 26.8 Å². The number of nitrogens with one attached hydrogen (secondary N) is 1. The Kier molecular flexibility index (Phi) is 4.75. The molecule has 0 saturated heterocycles. The summed E-state index contributed by atoms with van der Waals surface area (Å²) in [5, 5.41) is 3.22. The average molecular weight is 239 g/mol. The molecule has 2 atom stereocenters. The van der Waals surface area contributed by atoms with Gasteiger partial charge in [0, 0.05) is 0 Å². The van der Waals surface area contributed by atoms with Gasteiger partial charge in [-0.05, 0) is 31.0 Å². The van der Waals surface area contributed by atoms with Gasteiger partial charge in [-0.2, -0.15) is 0 Å². The molecule has 0 fully saturated rings. The number of esters is 1. The molecule has 0 saturated carbocycles. The third-order valence-electron chi connectivity index (χ3n) is 3.21. The summed E-state index contributed by atoms with van der Waals surface area (Å²) in [6, 6.07) is 3.58. The van der Waals surface area contributed by atoms with Gasteiger partial charge in [0.25, 0.3) is 0 Å². The number of furan rings is 1. The number of ether oxygens (including phenoxy) is 1. The topological polar surface area (TPSA) is 51.5 Å². The summed E-state index contributed by atoms with van der Waals surface area (Å²) < 4.78 is 10.1. The first-order valence-electron chi connectivity index (χ1n) is 5.86. The minimum Gasteiger partial charge on any atom is -0.463 e. The molecule has 0 aliphatic rings. The summed E-state index contributed by atoms with van der Waals surface area (Å²) in [5.74, 6) is 1.52. The SMILES string of the molecule is CNC(c1ccc(C(=O)OC)o1)C(C)C(C)C. The predicted molar refractivity (Wildman–Crippen MR) is 65.9 cm³/mol. The fourth-order valence-corrected chi connectivity index (χ4v) is 1.78. The number of rotatable bonds is 5. The Bertz CT molecular complexity index is 370. The van der Waals surface area contributed by atoms with E-state index in [-0.39, 0.29) is 11.8 Å². The molecule has 4 nitrogen and oxygen atoms in total. The van der Waals surface area contributed by atoms with Crippen molar-refractivity contribution < 1.29 is 13.9 Å². The van der Waals surface area contributed by atoms with Crippen molar-refractivity contribution >= 4 is 5.97 Å². The monoisotopic (exact) mass is 239 g/mol. The van der Waals surface area contributed by atoms with E-state index >= 15 is 0 Å². The molecule has 0 aliphatic carbocycles. The molecule has 0 aliphatic heterocycles. The number of methoxy groups -OCH3 is 1. The maximum absolute atomic E-state index is 11.3. The minimum atomic E-state index is -0.441. The fourth-order valence-electron chi connectivity index (χ4n) is 1.78. The molecule has 2 unspecified atom stereocenters. The quantitative estimate of drug-likeness (QED) is 0.802. The lowest BCUT2D eigenvalue weighted by Gasteiger charge is -2.24. The van der Waals surface area contributed by atoms with Crippen LogP contribution in [0.25, 0.3) is 0 Å². The molecule has 0 radical (unpaired) electrons. The third kappa shape index (κ3) is 3.09. The van der Waals surface area contributed by atoms with Gasteiger partial charge < -0.3 is 14.5 Å². The zero-order valence-electron chi connectivity index (χ0n) is 11.1. The second kappa shape index (κ2) is 5.87. The molecular weight excluding hydrogens is 218 g/mol. The Morgan fingerprint density at radius 1 is 1.35 bits per heavy atom. The highest BCUT2D eigenvalue weighted by molar-refractivity contribution is 5.86. The van der Waals surface area contributed by atoms with Crippen LogP contribution in [0.1, 0.15) is 43.1 Å². The Hall–Kier alpha value is -1.29. The van der Waals surface area contributed by atoms with Crippen molar-refractivity contribution in [1.82, 2.24) is 5.32 Å². The van der Waals surface area contributed by atoms with Gasteiger partial charge in [-0.15, -0.1) is 0 Å². The summed E-state index contributed by atoms with van der Waals surface area (Å²) in [4.78, 5) is 11.3. The van der Waals surface area contributed by atoms with E-state index in [4.69, 9.17) is 4.42 Å². The molecule has 1 N–H and O–H groups in total. The molecule has 0 spiro atoms. The molecule has 1 heterocycles. The lowest BCUT2D eigenvalue weighted by Crippen LogP contribution is -2.26. The number of carbonyl (C=O) groups is 1. The summed E-state index contributed by atoms with van der Waals surface area (Å²) >= 11 is 0. The van der Waals surface area contributed by atoms with Crippen LogP contribution in [0.2, 0.25) is 0 Å². The van der Waals surface area contributed by atoms with Crippen molar-refractivity contribution in [3.8, 4) is 0 Å². The standard InChI is InChI=1S/C13H21NO3/c1-8(2)9(3)12(14-4)10-6-7-11(17-10)13(15)16-5/h6-9,12,14H,1-5H3. The molecule has 96 valence electrons. The normalized spacial score (nSPS) is 14.7. The average Bonchev–Trinajstić information content (AvgIpc) is 2.78. The molecule has 1 rings (SSSR count). The van der Waals surface area contributed by atoms with Crippen molar-refractivity contribution in [3.05, 3.63) is 23.7 Å². The smallest absolute Gasteiger partial charge is 0.373 e. The van der Waals surface area contributed by atoms with Crippen LogP contribution in [-0.4, -0.2) is 20.1 Å². The van der Waals surface area contributed by atoms with E-state index in [0.29, 0.717) is 11.8 Å². The van der Waals surface area contributed by atoms with Gasteiger partial charge in [0.2, 0.25) is 5.76 Å². The van der Waals surface area contributed by atoms with Gasteiger partial charge in [0.05, 0.1) is 13.2 Å². The zero-order chi connectivity index (χ0) is 13.0. The van der Waals surface area contributed by atoms with E-state index in [1.807, 2.05) is 13.1 Å². The highest BCUT2D eigenvalue weighted by Crippen LogP contribution is 2.28. The van der Waals surface area contributed by atoms with Gasteiger partial charge >= 0.3 is 5.97 Å². The lowest BCUT2D eigenvalue weighted by molar-refractivity contribution is 0.0560. The molecular formula is C13H21NO3. The molecule has 17 heavy (non-hydrogen) atoms. The maximum atomic E-state index is 11.3. The van der Waals surface area contributed by atoms with Gasteiger partial charge in [0.1, 0.15) is 5.76 Å². The van der Waals surface area contributed by atoms with Gasteiger partial charge in [-0.1, -0.05) is 20.8 Å². The Morgan fingerprint density at radius 2 is 2.00 bits per heavy atom. The van der Waals surface area contributed by atoms with Crippen molar-refractivity contribution in [2.75, 3.05) is 14.2 Å². The van der Waals surface area contributed by atoms with E-state index in [0.717, 1.165) is 5.76 Å². The molecule has 4 heteroatoms. The molecule has 0 amide bonds. The lowest BCUT2D eigenvalue weighted by atomic mass is 9.89. The van der Waals surface area contributed by atoms with Crippen LogP contribution in [0.3, 0.4) is 0 Å². The Labute approximate surface area is 102 Å². The maximum Gasteiger partial charge on any atom is 0.373 e. The highest BCUT2D eigenvalue weighted by atomic mass is 16.5. The van der Waals surface area contributed by atoms with Crippen LogP contribution in [0.4, 0.5) is 0 Å². The summed E-state index contributed by atoms with van der Waals surface area (Å²) in [6.45, 7) is 6.49. The predicted octanol–water partition coefficient (Wildman–Crippen LogP) is 2.62. The third-order valence-corrected chi connectivity index (χ3v) is 3.21. The van der Waals surface area contributed by atoms with Crippen molar-refractivity contribution in [3.63, 3.8) is 0 Å². The second-order valence-electron chi connectivity index (χ2n) is 4.56. The molecule has 1 aromatic heterocycles. The number of carbonyl (C=O) groups excluding carboxylic acids is 1. The van der Waals surface area contributed by atoms with E-state index in [1.165, 1.54) is 7.11 Å². The van der Waals surface area contributed by atoms with E-state index in [9.17, 15) is 4.79 Å². The van der Waals surface area contributed by atoms with E-state index in [2.05, 4.69) is 30.8 Å². The first kappa shape index (κ1) is 13.8. The second-order valence-corrected chi connectivity index (χ2v) is 4.56. The highest BCUT2D eigenvalue weighted by Gasteiger charge is 2.24. The van der Waals surface area contributed by atoms with Crippen LogP contribution in [0, 0.1) is 11.8 Å². The molecule has 0 aromatic carbocycles. The molecule has 1 aromatic rings. The number of hydrogen-bond acceptors (Lipinski definition) is 4. The Balaban J connectivity index is 2.90. The summed E-state index contributed by atoms with van der Waals surface area (Å²) in [7, 11) is 3.24. The van der Waals surface area contributed by atoms with Gasteiger partial charge in [0.15, 0.2) is 0 Å². The van der Waals surface area contributed by atoms with Crippen LogP contribution in [0.5, 0.6) is 0 Å². The van der Waals surface area contributed by atoms with E-state index in [1.54, 1.807) is 6.07 Å². The fraction of sp³-hybridized carbons (Fsp3) is 0.615. The summed E-state index contributed by atoms with van der Waals surface area (Å²) in [6.07, 6.45) is 0. The van der Waals surface area contributed by atoms with Crippen molar-refractivity contribution in [2.24, 2.45) is 11.8 Å². The van der Waals surface area contributed by atoms with Gasteiger partial charge in [-0.3, -0.25) is 0 Å².